The van der Waals surface area contributed by atoms with Crippen LogP contribution in [-0.2, 0) is 0 Å². The van der Waals surface area contributed by atoms with Crippen LogP contribution in [0, 0.1) is 11.8 Å². The molecule has 0 radical (unpaired) electrons. The minimum Gasteiger partial charge on any atom is -0.393 e. The smallest absolute Gasteiger partial charge is 0.0540 e. The summed E-state index contributed by atoms with van der Waals surface area (Å²) < 4.78 is 0. The zero-order valence-corrected chi connectivity index (χ0v) is 9.29. The Morgan fingerprint density at radius 2 is 1.54 bits per heavy atom. The van der Waals surface area contributed by atoms with Crippen LogP contribution in [0.5, 0.6) is 0 Å². The zero-order chi connectivity index (χ0) is 10.3. The second-order valence-corrected chi connectivity index (χ2v) is 4.54. The Morgan fingerprint density at radius 1 is 1.00 bits per heavy atom. The van der Waals surface area contributed by atoms with Crippen LogP contribution in [0.4, 0.5) is 0 Å². The van der Waals surface area contributed by atoms with Crippen molar-refractivity contribution in [2.75, 3.05) is 6.54 Å². The predicted molar refractivity (Wildman–Crippen MR) is 57.5 cm³/mol. The highest BCUT2D eigenvalue weighted by molar-refractivity contribution is 4.61. The fourth-order valence-corrected chi connectivity index (χ4v) is 1.26. The van der Waals surface area contributed by atoms with Gasteiger partial charge in [0.05, 0.1) is 6.10 Å². The van der Waals surface area contributed by atoms with Crippen LogP contribution >= 0.6 is 0 Å². The van der Waals surface area contributed by atoms with Crippen molar-refractivity contribution in [2.45, 2.75) is 52.6 Å². The van der Waals surface area contributed by atoms with Crippen molar-refractivity contribution in [2.24, 2.45) is 17.6 Å². The van der Waals surface area contributed by atoms with Crippen LogP contribution in [0.25, 0.3) is 0 Å². The minimum absolute atomic E-state index is 0.114. The van der Waals surface area contributed by atoms with E-state index in [0.29, 0.717) is 11.8 Å². The molecule has 0 aliphatic rings. The zero-order valence-electron chi connectivity index (χ0n) is 9.29. The molecular weight excluding hydrogens is 162 g/mol. The maximum Gasteiger partial charge on any atom is 0.0540 e. The molecule has 80 valence electrons. The van der Waals surface area contributed by atoms with Crippen molar-refractivity contribution in [3.63, 3.8) is 0 Å². The Balaban J connectivity index is 3.34. The van der Waals surface area contributed by atoms with Gasteiger partial charge in [0.1, 0.15) is 0 Å². The van der Waals surface area contributed by atoms with Gasteiger partial charge in [-0.3, -0.25) is 0 Å². The van der Waals surface area contributed by atoms with E-state index in [9.17, 15) is 5.11 Å². The molecule has 0 aromatic rings. The molecule has 0 spiro atoms. The molecule has 2 atom stereocenters. The third kappa shape index (κ3) is 8.26. The van der Waals surface area contributed by atoms with Crippen molar-refractivity contribution < 1.29 is 5.11 Å². The normalized spacial score (nSPS) is 16.2. The monoisotopic (exact) mass is 187 g/mol. The number of rotatable bonds is 7. The summed E-state index contributed by atoms with van der Waals surface area (Å²) in [5.41, 5.74) is 5.50. The fraction of sp³-hybridized carbons (Fsp3) is 1.00. The van der Waals surface area contributed by atoms with Gasteiger partial charge in [0.2, 0.25) is 0 Å². The third-order valence-electron chi connectivity index (χ3n) is 2.47. The van der Waals surface area contributed by atoms with Gasteiger partial charge in [0.25, 0.3) is 0 Å². The van der Waals surface area contributed by atoms with Gasteiger partial charge in [-0.1, -0.05) is 20.8 Å². The lowest BCUT2D eigenvalue weighted by Crippen LogP contribution is -2.15. The number of hydrogen-bond donors (Lipinski definition) is 2. The van der Waals surface area contributed by atoms with Crippen molar-refractivity contribution in [1.82, 2.24) is 0 Å². The quantitative estimate of drug-likeness (QED) is 0.641. The predicted octanol–water partition coefficient (Wildman–Crippen LogP) is 2.16. The van der Waals surface area contributed by atoms with Gasteiger partial charge in [-0.15, -0.1) is 0 Å². The second-order valence-electron chi connectivity index (χ2n) is 4.54. The molecule has 0 heterocycles. The summed E-state index contributed by atoms with van der Waals surface area (Å²) >= 11 is 0. The first-order chi connectivity index (χ1) is 6.06. The molecule has 0 aromatic carbocycles. The largest absolute Gasteiger partial charge is 0.393 e. The molecular formula is C11H25NO. The number of nitrogens with two attached hydrogens (primary N) is 1. The molecule has 2 nitrogen and oxygen atoms in total. The van der Waals surface area contributed by atoms with Crippen LogP contribution in [0.3, 0.4) is 0 Å². The Hall–Kier alpha value is -0.0800. The molecule has 0 aliphatic heterocycles. The van der Waals surface area contributed by atoms with Crippen LogP contribution < -0.4 is 5.73 Å². The van der Waals surface area contributed by atoms with Gasteiger partial charge >= 0.3 is 0 Å². The minimum atomic E-state index is -0.114. The highest BCUT2D eigenvalue weighted by Crippen LogP contribution is 2.13. The van der Waals surface area contributed by atoms with E-state index in [-0.39, 0.29) is 6.10 Å². The van der Waals surface area contributed by atoms with E-state index in [2.05, 4.69) is 20.8 Å². The van der Waals surface area contributed by atoms with E-state index < -0.39 is 0 Å². The van der Waals surface area contributed by atoms with Crippen molar-refractivity contribution in [3.8, 4) is 0 Å². The average molecular weight is 187 g/mol. The molecule has 0 fully saturated rings. The second kappa shape index (κ2) is 7.34. The molecule has 0 aromatic heterocycles. The maximum atomic E-state index is 9.60. The first-order valence-electron chi connectivity index (χ1n) is 5.44. The highest BCUT2D eigenvalue weighted by Gasteiger charge is 2.07. The standard InChI is InChI=1S/C11H25NO/c1-9(2)4-6-11(13)7-5-10(3)8-12/h9-11,13H,4-8,12H2,1-3H3. The maximum absolute atomic E-state index is 9.60. The Kier molecular flexibility index (Phi) is 7.29. The lowest BCUT2D eigenvalue weighted by molar-refractivity contribution is 0.139. The van der Waals surface area contributed by atoms with Gasteiger partial charge in [-0.25, -0.2) is 0 Å². The van der Waals surface area contributed by atoms with Gasteiger partial charge in [-0.2, -0.15) is 0 Å². The van der Waals surface area contributed by atoms with Crippen LogP contribution in [0.15, 0.2) is 0 Å². The Morgan fingerprint density at radius 3 is 2.00 bits per heavy atom. The lowest BCUT2D eigenvalue weighted by Gasteiger charge is -2.14. The molecule has 0 saturated carbocycles. The number of hydrogen-bond acceptors (Lipinski definition) is 2. The lowest BCUT2D eigenvalue weighted by atomic mass is 9.98. The molecule has 3 N–H and O–H groups in total. The highest BCUT2D eigenvalue weighted by atomic mass is 16.3. The van der Waals surface area contributed by atoms with E-state index in [1.54, 1.807) is 0 Å². The molecule has 0 saturated heterocycles. The van der Waals surface area contributed by atoms with E-state index in [4.69, 9.17) is 5.73 Å². The van der Waals surface area contributed by atoms with E-state index in [1.165, 1.54) is 0 Å². The van der Waals surface area contributed by atoms with E-state index in [0.717, 1.165) is 32.2 Å². The molecule has 2 heteroatoms. The van der Waals surface area contributed by atoms with Gasteiger partial charge < -0.3 is 10.8 Å². The SMILES string of the molecule is CC(C)CCC(O)CCC(C)CN. The first-order valence-corrected chi connectivity index (χ1v) is 5.44. The van der Waals surface area contributed by atoms with Gasteiger partial charge in [0.15, 0.2) is 0 Å². The number of aliphatic hydroxyl groups is 1. The molecule has 0 rings (SSSR count). The van der Waals surface area contributed by atoms with Gasteiger partial charge in [-0.05, 0) is 44.1 Å². The molecule has 2 unspecified atom stereocenters. The number of aliphatic hydroxyl groups excluding tert-OH is 1. The Bertz CT molecular complexity index is 115. The van der Waals surface area contributed by atoms with E-state index in [1.807, 2.05) is 0 Å². The summed E-state index contributed by atoms with van der Waals surface area (Å²) in [6, 6.07) is 0. The van der Waals surface area contributed by atoms with Crippen molar-refractivity contribution in [3.05, 3.63) is 0 Å². The molecule has 0 aliphatic carbocycles. The summed E-state index contributed by atoms with van der Waals surface area (Å²) in [6.07, 6.45) is 3.91. The summed E-state index contributed by atoms with van der Waals surface area (Å²) in [6.45, 7) is 7.25. The third-order valence-corrected chi connectivity index (χ3v) is 2.47. The van der Waals surface area contributed by atoms with Crippen molar-refractivity contribution in [1.29, 1.82) is 0 Å². The summed E-state index contributed by atoms with van der Waals surface area (Å²) in [5, 5.41) is 9.60. The van der Waals surface area contributed by atoms with Crippen LogP contribution in [-0.4, -0.2) is 17.8 Å². The topological polar surface area (TPSA) is 46.2 Å². The van der Waals surface area contributed by atoms with Gasteiger partial charge in [0, 0.05) is 0 Å². The fourth-order valence-electron chi connectivity index (χ4n) is 1.26. The molecule has 13 heavy (non-hydrogen) atoms. The van der Waals surface area contributed by atoms with Crippen molar-refractivity contribution >= 4 is 0 Å². The molecule has 0 bridgehead atoms. The Labute approximate surface area is 82.5 Å². The van der Waals surface area contributed by atoms with Crippen LogP contribution in [0.2, 0.25) is 0 Å². The van der Waals surface area contributed by atoms with Crippen LogP contribution in [0.1, 0.15) is 46.5 Å². The van der Waals surface area contributed by atoms with E-state index >= 15 is 0 Å². The summed E-state index contributed by atoms with van der Waals surface area (Å²) in [4.78, 5) is 0. The molecule has 0 amide bonds. The first kappa shape index (κ1) is 12.9. The average Bonchev–Trinajstić information content (AvgIpc) is 2.10. The summed E-state index contributed by atoms with van der Waals surface area (Å²) in [5.74, 6) is 1.25. The summed E-state index contributed by atoms with van der Waals surface area (Å²) in [7, 11) is 0.